The van der Waals surface area contributed by atoms with Gasteiger partial charge >= 0.3 is 0 Å². The van der Waals surface area contributed by atoms with Crippen LogP contribution < -0.4 is 10.2 Å². The molecule has 7 nitrogen and oxygen atoms in total. The van der Waals surface area contributed by atoms with Gasteiger partial charge in [0, 0.05) is 36.0 Å². The third-order valence-electron chi connectivity index (χ3n) is 4.87. The third kappa shape index (κ3) is 4.22. The van der Waals surface area contributed by atoms with Gasteiger partial charge in [-0.2, -0.15) is 5.10 Å². The van der Waals surface area contributed by atoms with Gasteiger partial charge in [0.1, 0.15) is 5.82 Å². The Morgan fingerprint density at radius 2 is 1.96 bits per heavy atom. The van der Waals surface area contributed by atoms with Gasteiger partial charge in [-0.15, -0.1) is 0 Å². The van der Waals surface area contributed by atoms with E-state index in [-0.39, 0.29) is 11.8 Å². The van der Waals surface area contributed by atoms with Crippen LogP contribution in [0.4, 0.5) is 11.8 Å². The van der Waals surface area contributed by atoms with Crippen molar-refractivity contribution in [3.63, 3.8) is 0 Å². The van der Waals surface area contributed by atoms with E-state index < -0.39 is 0 Å². The van der Waals surface area contributed by atoms with Gasteiger partial charge in [0.05, 0.1) is 18.7 Å². The molecule has 2 aromatic heterocycles. The summed E-state index contributed by atoms with van der Waals surface area (Å²) in [5.41, 5.74) is 1.10. The van der Waals surface area contributed by atoms with E-state index in [9.17, 15) is 4.79 Å². The van der Waals surface area contributed by atoms with Crippen LogP contribution in [-0.2, 0) is 11.3 Å². The van der Waals surface area contributed by atoms with Crippen LogP contribution in [0.25, 0.3) is 0 Å². The normalized spacial score (nSPS) is 16.8. The smallest absolute Gasteiger partial charge is 0.230 e. The number of benzene rings is 1. The highest BCUT2D eigenvalue weighted by molar-refractivity contribution is 9.10. The number of nitrogens with one attached hydrogen (secondary N) is 1. The Kier molecular flexibility index (Phi) is 5.66. The highest BCUT2D eigenvalue weighted by Crippen LogP contribution is 2.22. The van der Waals surface area contributed by atoms with Crippen LogP contribution in [0.15, 0.2) is 59.5 Å². The van der Waals surface area contributed by atoms with Crippen molar-refractivity contribution in [2.45, 2.75) is 19.4 Å². The summed E-state index contributed by atoms with van der Waals surface area (Å²) >= 11 is 3.56. The Labute approximate surface area is 171 Å². The minimum absolute atomic E-state index is 0.00880. The fourth-order valence-corrected chi connectivity index (χ4v) is 3.82. The number of halogens is 1. The fourth-order valence-electron chi connectivity index (χ4n) is 3.41. The molecule has 28 heavy (non-hydrogen) atoms. The molecule has 1 unspecified atom stereocenters. The van der Waals surface area contributed by atoms with Gasteiger partial charge in [-0.1, -0.05) is 34.1 Å². The van der Waals surface area contributed by atoms with Gasteiger partial charge in [-0.05, 0) is 30.5 Å². The van der Waals surface area contributed by atoms with Crippen LogP contribution in [0.2, 0.25) is 0 Å². The minimum atomic E-state index is -0.107. The monoisotopic (exact) mass is 440 g/mol. The van der Waals surface area contributed by atoms with Crippen molar-refractivity contribution >= 4 is 33.6 Å². The molecule has 3 heterocycles. The number of aromatic nitrogens is 4. The van der Waals surface area contributed by atoms with Crippen molar-refractivity contribution in [1.29, 1.82) is 0 Å². The first kappa shape index (κ1) is 18.6. The van der Waals surface area contributed by atoms with E-state index in [2.05, 4.69) is 41.2 Å². The average molecular weight is 441 g/mol. The van der Waals surface area contributed by atoms with E-state index in [4.69, 9.17) is 0 Å². The van der Waals surface area contributed by atoms with Gasteiger partial charge in [0.15, 0.2) is 0 Å². The maximum atomic E-state index is 12.9. The zero-order valence-electron chi connectivity index (χ0n) is 15.3. The summed E-state index contributed by atoms with van der Waals surface area (Å²) in [6.07, 6.45) is 6.95. The molecule has 1 fully saturated rings. The standard InChI is InChI=1S/C20H21BrN6O/c21-17-7-2-1-5-15(17)14-27-18(8-11-24-27)25-19(28)16-6-3-12-26(13-16)20-22-9-4-10-23-20/h1-2,4-5,7-11,16H,3,6,12-14H2,(H,25,28). The molecule has 1 amide bonds. The number of amides is 1. The molecule has 0 bridgehead atoms. The second kappa shape index (κ2) is 8.52. The summed E-state index contributed by atoms with van der Waals surface area (Å²) in [5.74, 6) is 1.28. The first-order chi connectivity index (χ1) is 13.7. The summed E-state index contributed by atoms with van der Waals surface area (Å²) in [5, 5.41) is 7.41. The summed E-state index contributed by atoms with van der Waals surface area (Å²) in [6, 6.07) is 11.6. The van der Waals surface area contributed by atoms with E-state index in [1.165, 1.54) is 0 Å². The first-order valence-electron chi connectivity index (χ1n) is 9.29. The largest absolute Gasteiger partial charge is 0.340 e. The number of carbonyl (C=O) groups is 1. The maximum absolute atomic E-state index is 12.9. The molecule has 1 aliphatic rings. The Hall–Kier alpha value is -2.74. The number of piperidine rings is 1. The van der Waals surface area contributed by atoms with E-state index in [0.717, 1.165) is 29.4 Å². The van der Waals surface area contributed by atoms with Crippen molar-refractivity contribution in [3.05, 3.63) is 65.0 Å². The third-order valence-corrected chi connectivity index (χ3v) is 5.65. The lowest BCUT2D eigenvalue weighted by Crippen LogP contribution is -2.41. The van der Waals surface area contributed by atoms with Crippen molar-refractivity contribution in [3.8, 4) is 0 Å². The van der Waals surface area contributed by atoms with Gasteiger partial charge in [-0.25, -0.2) is 14.6 Å². The maximum Gasteiger partial charge on any atom is 0.230 e. The first-order valence-corrected chi connectivity index (χ1v) is 10.1. The number of hydrogen-bond acceptors (Lipinski definition) is 5. The molecule has 0 radical (unpaired) electrons. The molecule has 144 valence electrons. The molecule has 8 heteroatoms. The van der Waals surface area contributed by atoms with Gasteiger partial charge < -0.3 is 10.2 Å². The molecule has 3 aromatic rings. The Morgan fingerprint density at radius 3 is 2.79 bits per heavy atom. The summed E-state index contributed by atoms with van der Waals surface area (Å²) in [7, 11) is 0. The molecule has 1 aromatic carbocycles. The Bertz CT molecular complexity index is 945. The average Bonchev–Trinajstić information content (AvgIpc) is 3.17. The Morgan fingerprint density at radius 1 is 1.14 bits per heavy atom. The lowest BCUT2D eigenvalue weighted by atomic mass is 9.97. The van der Waals surface area contributed by atoms with Gasteiger partial charge in [0.25, 0.3) is 0 Å². The van der Waals surface area contributed by atoms with E-state index >= 15 is 0 Å². The Balaban J connectivity index is 1.43. The highest BCUT2D eigenvalue weighted by atomic mass is 79.9. The van der Waals surface area contributed by atoms with E-state index in [0.29, 0.717) is 24.9 Å². The van der Waals surface area contributed by atoms with Crippen LogP contribution in [-0.4, -0.2) is 38.7 Å². The van der Waals surface area contributed by atoms with Crippen molar-refractivity contribution in [1.82, 2.24) is 19.7 Å². The molecule has 1 N–H and O–H groups in total. The van der Waals surface area contributed by atoms with Crippen molar-refractivity contribution < 1.29 is 4.79 Å². The fraction of sp³-hybridized carbons (Fsp3) is 0.300. The number of nitrogens with zero attached hydrogens (tertiary/aromatic N) is 5. The van der Waals surface area contributed by atoms with Crippen LogP contribution in [0, 0.1) is 5.92 Å². The molecule has 1 atom stereocenters. The quantitative estimate of drug-likeness (QED) is 0.658. The predicted molar refractivity (Wildman–Crippen MR) is 111 cm³/mol. The SMILES string of the molecule is O=C(Nc1ccnn1Cc1ccccc1Br)C1CCCN(c2ncccn2)C1. The molecule has 0 aliphatic carbocycles. The summed E-state index contributed by atoms with van der Waals surface area (Å²) in [4.78, 5) is 23.6. The summed E-state index contributed by atoms with van der Waals surface area (Å²) < 4.78 is 2.83. The minimum Gasteiger partial charge on any atom is -0.340 e. The van der Waals surface area contributed by atoms with E-state index in [1.807, 2.05) is 30.3 Å². The van der Waals surface area contributed by atoms with Crippen LogP contribution >= 0.6 is 15.9 Å². The number of rotatable bonds is 5. The molecule has 0 saturated carbocycles. The number of anilines is 2. The molecule has 0 spiro atoms. The van der Waals surface area contributed by atoms with Crippen LogP contribution in [0.5, 0.6) is 0 Å². The van der Waals surface area contributed by atoms with Gasteiger partial charge in [-0.3, -0.25) is 4.79 Å². The predicted octanol–water partition coefficient (Wildman–Crippen LogP) is 3.34. The molecular formula is C20H21BrN6O. The van der Waals surface area contributed by atoms with Gasteiger partial charge in [0.2, 0.25) is 11.9 Å². The highest BCUT2D eigenvalue weighted by Gasteiger charge is 2.27. The zero-order valence-corrected chi connectivity index (χ0v) is 16.9. The molecule has 1 saturated heterocycles. The second-order valence-electron chi connectivity index (χ2n) is 6.79. The molecular weight excluding hydrogens is 420 g/mol. The van der Waals surface area contributed by atoms with Crippen LogP contribution in [0.3, 0.4) is 0 Å². The number of hydrogen-bond donors (Lipinski definition) is 1. The van der Waals surface area contributed by atoms with Crippen LogP contribution in [0.1, 0.15) is 18.4 Å². The second-order valence-corrected chi connectivity index (χ2v) is 7.64. The zero-order chi connectivity index (χ0) is 19.3. The summed E-state index contributed by atoms with van der Waals surface area (Å²) in [6.45, 7) is 2.07. The lowest BCUT2D eigenvalue weighted by Gasteiger charge is -2.31. The molecule has 4 rings (SSSR count). The number of carbonyl (C=O) groups excluding carboxylic acids is 1. The molecule has 1 aliphatic heterocycles. The van der Waals surface area contributed by atoms with E-state index in [1.54, 1.807) is 29.3 Å². The van der Waals surface area contributed by atoms with Crippen molar-refractivity contribution in [2.75, 3.05) is 23.3 Å². The topological polar surface area (TPSA) is 75.9 Å². The van der Waals surface area contributed by atoms with Crippen molar-refractivity contribution in [2.24, 2.45) is 5.92 Å². The lowest BCUT2D eigenvalue weighted by molar-refractivity contribution is -0.120.